The SMILES string of the molecule is O=C(c1ccncc1)N1CCC[C@H](c2ccccn2)C1. The average Bonchev–Trinajstić information content (AvgIpc) is 2.56. The fraction of sp³-hybridized carbons (Fsp3) is 0.312. The summed E-state index contributed by atoms with van der Waals surface area (Å²) in [6, 6.07) is 9.52. The first-order valence-electron chi connectivity index (χ1n) is 6.95. The van der Waals surface area contributed by atoms with Crippen molar-refractivity contribution in [3.8, 4) is 0 Å². The van der Waals surface area contributed by atoms with Crippen molar-refractivity contribution in [3.63, 3.8) is 0 Å². The molecule has 1 aliphatic rings. The molecule has 3 rings (SSSR count). The number of carbonyl (C=O) groups is 1. The minimum absolute atomic E-state index is 0.0908. The molecular formula is C16H17N3O. The van der Waals surface area contributed by atoms with Crippen LogP contribution in [0.15, 0.2) is 48.9 Å². The highest BCUT2D eigenvalue weighted by atomic mass is 16.2. The molecule has 4 nitrogen and oxygen atoms in total. The van der Waals surface area contributed by atoms with Crippen molar-refractivity contribution in [2.75, 3.05) is 13.1 Å². The molecule has 2 aromatic heterocycles. The van der Waals surface area contributed by atoms with Gasteiger partial charge in [-0.1, -0.05) is 6.07 Å². The van der Waals surface area contributed by atoms with E-state index >= 15 is 0 Å². The zero-order chi connectivity index (χ0) is 13.8. The van der Waals surface area contributed by atoms with Gasteiger partial charge in [0.1, 0.15) is 0 Å². The van der Waals surface area contributed by atoms with Crippen LogP contribution in [0.5, 0.6) is 0 Å². The van der Waals surface area contributed by atoms with E-state index in [4.69, 9.17) is 0 Å². The lowest BCUT2D eigenvalue weighted by Crippen LogP contribution is -2.39. The Balaban J connectivity index is 1.74. The van der Waals surface area contributed by atoms with Gasteiger partial charge in [0, 0.05) is 48.9 Å². The highest BCUT2D eigenvalue weighted by Gasteiger charge is 2.25. The van der Waals surface area contributed by atoms with Crippen LogP contribution in [-0.4, -0.2) is 33.9 Å². The molecule has 1 saturated heterocycles. The van der Waals surface area contributed by atoms with Crippen LogP contribution >= 0.6 is 0 Å². The summed E-state index contributed by atoms with van der Waals surface area (Å²) in [5.74, 6) is 0.434. The topological polar surface area (TPSA) is 46.1 Å². The van der Waals surface area contributed by atoms with Crippen molar-refractivity contribution in [1.29, 1.82) is 0 Å². The molecule has 1 aliphatic heterocycles. The molecule has 20 heavy (non-hydrogen) atoms. The molecule has 0 radical (unpaired) electrons. The summed E-state index contributed by atoms with van der Waals surface area (Å²) < 4.78 is 0. The van der Waals surface area contributed by atoms with Gasteiger partial charge in [-0.15, -0.1) is 0 Å². The third kappa shape index (κ3) is 2.69. The molecule has 0 spiro atoms. The number of piperidine rings is 1. The molecule has 0 saturated carbocycles. The maximum absolute atomic E-state index is 12.5. The van der Waals surface area contributed by atoms with E-state index in [9.17, 15) is 4.79 Å². The standard InChI is InChI=1S/C16H17N3O/c20-16(13-6-9-17-10-7-13)19-11-3-4-14(12-19)15-5-1-2-8-18-15/h1-2,5-10,14H,3-4,11-12H2/t14-/m0/s1. The van der Waals surface area contributed by atoms with E-state index in [2.05, 4.69) is 9.97 Å². The lowest BCUT2D eigenvalue weighted by molar-refractivity contribution is 0.0706. The first-order chi connectivity index (χ1) is 9.84. The highest BCUT2D eigenvalue weighted by molar-refractivity contribution is 5.94. The second kappa shape index (κ2) is 5.82. The summed E-state index contributed by atoms with van der Waals surface area (Å²) in [6.07, 6.45) is 7.26. The summed E-state index contributed by atoms with van der Waals surface area (Å²) in [5, 5.41) is 0. The maximum Gasteiger partial charge on any atom is 0.253 e. The highest BCUT2D eigenvalue weighted by Crippen LogP contribution is 2.26. The Kier molecular flexibility index (Phi) is 3.72. The van der Waals surface area contributed by atoms with E-state index < -0.39 is 0 Å². The minimum Gasteiger partial charge on any atom is -0.338 e. The minimum atomic E-state index is 0.0908. The molecule has 102 valence electrons. The number of rotatable bonds is 2. The zero-order valence-corrected chi connectivity index (χ0v) is 11.3. The lowest BCUT2D eigenvalue weighted by Gasteiger charge is -2.32. The third-order valence-corrected chi connectivity index (χ3v) is 3.74. The quantitative estimate of drug-likeness (QED) is 0.840. The predicted molar refractivity (Wildman–Crippen MR) is 76.4 cm³/mol. The van der Waals surface area contributed by atoms with Gasteiger partial charge in [0.2, 0.25) is 0 Å². The summed E-state index contributed by atoms with van der Waals surface area (Å²) in [4.78, 5) is 22.8. The van der Waals surface area contributed by atoms with Crippen molar-refractivity contribution < 1.29 is 4.79 Å². The fourth-order valence-corrected chi connectivity index (χ4v) is 2.70. The van der Waals surface area contributed by atoms with Gasteiger partial charge in [0.15, 0.2) is 0 Å². The van der Waals surface area contributed by atoms with Gasteiger partial charge in [-0.05, 0) is 37.1 Å². The summed E-state index contributed by atoms with van der Waals surface area (Å²) in [7, 11) is 0. The second-order valence-corrected chi connectivity index (χ2v) is 5.08. The first kappa shape index (κ1) is 12.8. The van der Waals surface area contributed by atoms with E-state index in [0.29, 0.717) is 11.5 Å². The van der Waals surface area contributed by atoms with E-state index in [1.165, 1.54) is 0 Å². The van der Waals surface area contributed by atoms with Crippen molar-refractivity contribution in [3.05, 3.63) is 60.2 Å². The van der Waals surface area contributed by atoms with Crippen LogP contribution in [-0.2, 0) is 0 Å². The molecule has 0 bridgehead atoms. The van der Waals surface area contributed by atoms with E-state index in [0.717, 1.165) is 31.6 Å². The lowest BCUT2D eigenvalue weighted by atomic mass is 9.94. The molecule has 4 heteroatoms. The Labute approximate surface area is 118 Å². The van der Waals surface area contributed by atoms with Crippen molar-refractivity contribution in [2.24, 2.45) is 0 Å². The molecule has 0 unspecified atom stereocenters. The fourth-order valence-electron chi connectivity index (χ4n) is 2.70. The molecule has 1 atom stereocenters. The second-order valence-electron chi connectivity index (χ2n) is 5.08. The monoisotopic (exact) mass is 267 g/mol. The van der Waals surface area contributed by atoms with Gasteiger partial charge in [-0.3, -0.25) is 14.8 Å². The van der Waals surface area contributed by atoms with Crippen LogP contribution in [0.1, 0.15) is 34.8 Å². The van der Waals surface area contributed by atoms with Gasteiger partial charge >= 0.3 is 0 Å². The van der Waals surface area contributed by atoms with Gasteiger partial charge in [0.25, 0.3) is 5.91 Å². The number of likely N-dealkylation sites (tertiary alicyclic amines) is 1. The van der Waals surface area contributed by atoms with Crippen LogP contribution in [0.3, 0.4) is 0 Å². The van der Waals surface area contributed by atoms with E-state index in [1.54, 1.807) is 24.5 Å². The number of amides is 1. The molecular weight excluding hydrogens is 250 g/mol. The van der Waals surface area contributed by atoms with Gasteiger partial charge in [0.05, 0.1) is 0 Å². The Hall–Kier alpha value is -2.23. The van der Waals surface area contributed by atoms with Gasteiger partial charge in [-0.25, -0.2) is 0 Å². The van der Waals surface area contributed by atoms with Crippen LogP contribution in [0.2, 0.25) is 0 Å². The molecule has 1 fully saturated rings. The Morgan fingerprint density at radius 1 is 1.15 bits per heavy atom. The van der Waals surface area contributed by atoms with Crippen molar-refractivity contribution in [1.82, 2.24) is 14.9 Å². The van der Waals surface area contributed by atoms with Crippen molar-refractivity contribution >= 4 is 5.91 Å². The molecule has 2 aromatic rings. The Bertz CT molecular complexity index is 571. The normalized spacial score (nSPS) is 18.8. The maximum atomic E-state index is 12.5. The average molecular weight is 267 g/mol. The predicted octanol–water partition coefficient (Wildman–Crippen LogP) is 2.50. The molecule has 0 N–H and O–H groups in total. The van der Waals surface area contributed by atoms with Crippen LogP contribution in [0.25, 0.3) is 0 Å². The molecule has 0 aromatic carbocycles. The van der Waals surface area contributed by atoms with Crippen molar-refractivity contribution in [2.45, 2.75) is 18.8 Å². The number of hydrogen-bond donors (Lipinski definition) is 0. The summed E-state index contributed by atoms with van der Waals surface area (Å²) in [5.41, 5.74) is 1.79. The number of hydrogen-bond acceptors (Lipinski definition) is 3. The number of carbonyl (C=O) groups excluding carboxylic acids is 1. The van der Waals surface area contributed by atoms with Crippen LogP contribution in [0, 0.1) is 0 Å². The first-order valence-corrected chi connectivity index (χ1v) is 6.95. The van der Waals surface area contributed by atoms with Gasteiger partial charge < -0.3 is 4.90 Å². The number of aromatic nitrogens is 2. The number of pyridine rings is 2. The molecule has 0 aliphatic carbocycles. The zero-order valence-electron chi connectivity index (χ0n) is 11.3. The number of nitrogens with zero attached hydrogens (tertiary/aromatic N) is 3. The largest absolute Gasteiger partial charge is 0.338 e. The Morgan fingerprint density at radius 3 is 2.75 bits per heavy atom. The summed E-state index contributed by atoms with van der Waals surface area (Å²) in [6.45, 7) is 1.57. The van der Waals surface area contributed by atoms with E-state index in [-0.39, 0.29) is 5.91 Å². The molecule has 3 heterocycles. The van der Waals surface area contributed by atoms with Crippen LogP contribution < -0.4 is 0 Å². The van der Waals surface area contributed by atoms with E-state index in [1.807, 2.05) is 29.3 Å². The molecule has 1 amide bonds. The van der Waals surface area contributed by atoms with Gasteiger partial charge in [-0.2, -0.15) is 0 Å². The third-order valence-electron chi connectivity index (χ3n) is 3.74. The summed E-state index contributed by atoms with van der Waals surface area (Å²) >= 11 is 0. The smallest absolute Gasteiger partial charge is 0.253 e. The van der Waals surface area contributed by atoms with Crippen LogP contribution in [0.4, 0.5) is 0 Å². The Morgan fingerprint density at radius 2 is 2.00 bits per heavy atom.